The molecule has 0 aliphatic carbocycles. The van der Waals surface area contributed by atoms with Crippen LogP contribution in [0.4, 0.5) is 0 Å². The Morgan fingerprint density at radius 3 is 2.65 bits per heavy atom. The van der Waals surface area contributed by atoms with Crippen LogP contribution < -0.4 is 0 Å². The Morgan fingerprint density at radius 2 is 2.10 bits per heavy atom. The van der Waals surface area contributed by atoms with E-state index in [1.807, 2.05) is 13.8 Å². The third-order valence-corrected chi connectivity index (χ3v) is 3.83. The van der Waals surface area contributed by atoms with Gasteiger partial charge in [0, 0.05) is 21.5 Å². The number of hydrogen-bond donors (Lipinski definition) is 0. The van der Waals surface area contributed by atoms with Crippen molar-refractivity contribution < 1.29 is 14.3 Å². The average Bonchev–Trinajstić information content (AvgIpc) is 2.75. The lowest BCUT2D eigenvalue weighted by Gasteiger charge is -2.04. The van der Waals surface area contributed by atoms with Crippen LogP contribution in [0.25, 0.3) is 0 Å². The van der Waals surface area contributed by atoms with Crippen molar-refractivity contribution in [3.63, 3.8) is 0 Å². The van der Waals surface area contributed by atoms with Crippen LogP contribution in [0.3, 0.4) is 0 Å². The van der Waals surface area contributed by atoms with Crippen molar-refractivity contribution in [2.75, 3.05) is 6.61 Å². The number of hydrogen-bond acceptors (Lipinski definition) is 5. The minimum atomic E-state index is -0.591. The number of carbonyl (C=O) groups excluding carboxylic acids is 2. The molecule has 2 aromatic heterocycles. The molecule has 2 rings (SSSR count). The molecule has 0 spiro atoms. The number of aryl methyl sites for hydroxylation is 2. The van der Waals surface area contributed by atoms with Gasteiger partial charge in [-0.15, -0.1) is 11.3 Å². The fourth-order valence-electron chi connectivity index (χ4n) is 1.70. The van der Waals surface area contributed by atoms with E-state index in [2.05, 4.69) is 4.98 Å². The van der Waals surface area contributed by atoms with Gasteiger partial charge in [-0.1, -0.05) is 11.6 Å². The third kappa shape index (κ3) is 3.43. The zero-order valence-corrected chi connectivity index (χ0v) is 12.5. The van der Waals surface area contributed by atoms with Crippen LogP contribution in [0.15, 0.2) is 24.4 Å². The van der Waals surface area contributed by atoms with Gasteiger partial charge in [0.05, 0.1) is 5.56 Å². The molecule has 2 aromatic rings. The quantitative estimate of drug-likeness (QED) is 0.493. The van der Waals surface area contributed by atoms with Crippen molar-refractivity contribution >= 4 is 34.7 Å². The molecule has 0 saturated carbocycles. The summed E-state index contributed by atoms with van der Waals surface area (Å²) < 4.78 is 4.98. The van der Waals surface area contributed by atoms with E-state index in [0.717, 1.165) is 9.75 Å². The lowest BCUT2D eigenvalue weighted by molar-refractivity contribution is 0.0474. The average molecular weight is 310 g/mol. The Labute approximate surface area is 125 Å². The lowest BCUT2D eigenvalue weighted by Crippen LogP contribution is -2.14. The van der Waals surface area contributed by atoms with Crippen LogP contribution in [-0.4, -0.2) is 23.3 Å². The first-order valence-corrected chi connectivity index (χ1v) is 7.05. The van der Waals surface area contributed by atoms with E-state index in [-0.39, 0.29) is 18.0 Å². The van der Waals surface area contributed by atoms with Crippen LogP contribution in [0.2, 0.25) is 5.15 Å². The van der Waals surface area contributed by atoms with E-state index in [1.165, 1.54) is 18.3 Å². The second-order valence-corrected chi connectivity index (χ2v) is 6.04. The number of pyridine rings is 1. The molecule has 2 heterocycles. The Bertz CT molecular complexity index is 649. The molecular weight excluding hydrogens is 298 g/mol. The van der Waals surface area contributed by atoms with Gasteiger partial charge in [-0.25, -0.2) is 9.78 Å². The number of thiophene rings is 1. The molecule has 20 heavy (non-hydrogen) atoms. The van der Waals surface area contributed by atoms with Crippen LogP contribution >= 0.6 is 22.9 Å². The SMILES string of the molecule is Cc1cc(C(=O)COC(=O)c2ccc(Cl)nc2)c(C)s1. The molecule has 0 aliphatic rings. The largest absolute Gasteiger partial charge is 0.454 e. The predicted octanol–water partition coefficient (Wildman–Crippen LogP) is 3.45. The zero-order valence-electron chi connectivity index (χ0n) is 11.0. The van der Waals surface area contributed by atoms with E-state index < -0.39 is 5.97 Å². The van der Waals surface area contributed by atoms with Crippen molar-refractivity contribution in [2.45, 2.75) is 13.8 Å². The van der Waals surface area contributed by atoms with Crippen molar-refractivity contribution in [3.8, 4) is 0 Å². The molecule has 104 valence electrons. The summed E-state index contributed by atoms with van der Waals surface area (Å²) in [6.07, 6.45) is 1.31. The highest BCUT2D eigenvalue weighted by Gasteiger charge is 2.15. The lowest BCUT2D eigenvalue weighted by atomic mass is 10.2. The maximum Gasteiger partial charge on any atom is 0.340 e. The summed E-state index contributed by atoms with van der Waals surface area (Å²) in [4.78, 5) is 29.5. The molecule has 0 unspecified atom stereocenters. The van der Waals surface area contributed by atoms with E-state index in [0.29, 0.717) is 10.7 Å². The van der Waals surface area contributed by atoms with E-state index >= 15 is 0 Å². The van der Waals surface area contributed by atoms with Crippen LogP contribution in [0.1, 0.15) is 30.5 Å². The van der Waals surface area contributed by atoms with Gasteiger partial charge in [-0.3, -0.25) is 4.79 Å². The van der Waals surface area contributed by atoms with Gasteiger partial charge in [-0.2, -0.15) is 0 Å². The topological polar surface area (TPSA) is 56.3 Å². The minimum absolute atomic E-state index is 0.206. The number of nitrogens with zero attached hydrogens (tertiary/aromatic N) is 1. The van der Waals surface area contributed by atoms with E-state index in [1.54, 1.807) is 17.4 Å². The molecule has 0 radical (unpaired) electrons. The second-order valence-electron chi connectivity index (χ2n) is 4.20. The predicted molar refractivity (Wildman–Crippen MR) is 77.7 cm³/mol. The van der Waals surface area contributed by atoms with Crippen molar-refractivity contribution in [1.82, 2.24) is 4.98 Å². The highest BCUT2D eigenvalue weighted by molar-refractivity contribution is 7.12. The highest BCUT2D eigenvalue weighted by atomic mass is 35.5. The molecule has 0 aromatic carbocycles. The summed E-state index contributed by atoms with van der Waals surface area (Å²) in [6, 6.07) is 4.80. The maximum atomic E-state index is 12.0. The van der Waals surface area contributed by atoms with E-state index in [9.17, 15) is 9.59 Å². The number of carbonyl (C=O) groups is 2. The molecule has 0 atom stereocenters. The summed E-state index contributed by atoms with van der Waals surface area (Å²) in [5.74, 6) is -0.797. The van der Waals surface area contributed by atoms with Crippen LogP contribution in [0.5, 0.6) is 0 Å². The molecule has 0 aliphatic heterocycles. The third-order valence-electron chi connectivity index (χ3n) is 2.64. The van der Waals surface area contributed by atoms with Gasteiger partial charge < -0.3 is 4.74 Å². The zero-order chi connectivity index (χ0) is 14.7. The van der Waals surface area contributed by atoms with Gasteiger partial charge >= 0.3 is 5.97 Å². The number of aromatic nitrogens is 1. The second kappa shape index (κ2) is 6.15. The van der Waals surface area contributed by atoms with E-state index in [4.69, 9.17) is 16.3 Å². The van der Waals surface area contributed by atoms with Crippen LogP contribution in [0, 0.1) is 13.8 Å². The number of rotatable bonds is 4. The summed E-state index contributed by atoms with van der Waals surface area (Å²) in [7, 11) is 0. The first-order valence-electron chi connectivity index (χ1n) is 5.86. The molecule has 0 saturated heterocycles. The van der Waals surface area contributed by atoms with Gasteiger partial charge in [0.1, 0.15) is 5.15 Å². The number of esters is 1. The van der Waals surface area contributed by atoms with Crippen molar-refractivity contribution in [3.05, 3.63) is 50.4 Å². The molecule has 0 amide bonds. The number of ketones is 1. The normalized spacial score (nSPS) is 10.3. The Kier molecular flexibility index (Phi) is 4.52. The van der Waals surface area contributed by atoms with Crippen LogP contribution in [-0.2, 0) is 4.74 Å². The number of ether oxygens (including phenoxy) is 1. The molecule has 6 heteroatoms. The smallest absolute Gasteiger partial charge is 0.340 e. The fraction of sp³-hybridized carbons (Fsp3) is 0.214. The summed E-state index contributed by atoms with van der Waals surface area (Å²) >= 11 is 7.17. The van der Waals surface area contributed by atoms with Gasteiger partial charge in [0.15, 0.2) is 6.61 Å². The highest BCUT2D eigenvalue weighted by Crippen LogP contribution is 2.21. The fourth-order valence-corrected chi connectivity index (χ4v) is 2.75. The molecule has 4 nitrogen and oxygen atoms in total. The van der Waals surface area contributed by atoms with Gasteiger partial charge in [-0.05, 0) is 32.0 Å². The number of Topliss-reactive ketones (excluding diaryl/α,β-unsaturated/α-hetero) is 1. The molecule has 0 fully saturated rings. The van der Waals surface area contributed by atoms with Gasteiger partial charge in [0.25, 0.3) is 0 Å². The first kappa shape index (κ1) is 14.7. The Hall–Kier alpha value is -1.72. The Morgan fingerprint density at radius 1 is 1.35 bits per heavy atom. The number of halogens is 1. The standard InChI is InChI=1S/C14H12ClNO3S/c1-8-5-11(9(2)20-8)12(17)7-19-14(18)10-3-4-13(15)16-6-10/h3-6H,7H2,1-2H3. The van der Waals surface area contributed by atoms with Crippen molar-refractivity contribution in [2.24, 2.45) is 0 Å². The molecular formula is C14H12ClNO3S. The minimum Gasteiger partial charge on any atom is -0.454 e. The maximum absolute atomic E-state index is 12.0. The summed E-state index contributed by atoms with van der Waals surface area (Å²) in [5.41, 5.74) is 0.870. The van der Waals surface area contributed by atoms with Gasteiger partial charge in [0.2, 0.25) is 5.78 Å². The summed E-state index contributed by atoms with van der Waals surface area (Å²) in [5, 5.41) is 0.294. The van der Waals surface area contributed by atoms with Crippen molar-refractivity contribution in [1.29, 1.82) is 0 Å². The summed E-state index contributed by atoms with van der Waals surface area (Å²) in [6.45, 7) is 3.52. The monoisotopic (exact) mass is 309 g/mol. The first-order chi connectivity index (χ1) is 9.47. The Balaban J connectivity index is 1.98. The molecule has 0 N–H and O–H groups in total. The molecule has 0 bridgehead atoms.